The number of ether oxygens (including phenoxy) is 2. The minimum Gasteiger partial charge on any atom is -0.489 e. The van der Waals surface area contributed by atoms with Gasteiger partial charge >= 0.3 is 0 Å². The number of carbonyl (C=O) groups is 1. The number of carbonyl (C=O) groups excluding carboxylic acids is 1. The van der Waals surface area contributed by atoms with Gasteiger partial charge in [0.05, 0.1) is 17.7 Å². The van der Waals surface area contributed by atoms with Gasteiger partial charge in [-0.1, -0.05) is 65.7 Å². The summed E-state index contributed by atoms with van der Waals surface area (Å²) in [6, 6.07) is 19.1. The molecule has 0 saturated carbocycles. The Morgan fingerprint density at radius 2 is 1.78 bits per heavy atom. The van der Waals surface area contributed by atoms with Crippen molar-refractivity contribution in [3.05, 3.63) is 92.9 Å². The molecule has 3 aromatic rings. The molecule has 1 unspecified atom stereocenters. The number of nitrogens with one attached hydrogen (secondary N) is 1. The Labute approximate surface area is 226 Å². The molecule has 0 saturated heterocycles. The number of halogens is 2. The number of aliphatic hydroxyl groups excluding tert-OH is 1. The van der Waals surface area contributed by atoms with Crippen molar-refractivity contribution in [1.82, 2.24) is 5.32 Å². The van der Waals surface area contributed by atoms with E-state index in [4.69, 9.17) is 21.1 Å². The molecule has 2 N–H and O–H groups in total. The first kappa shape index (κ1) is 27.9. The topological polar surface area (TPSA) is 67.8 Å². The summed E-state index contributed by atoms with van der Waals surface area (Å²) in [5.41, 5.74) is 5.08. The molecule has 0 spiro atoms. The molecule has 3 aromatic carbocycles. The van der Waals surface area contributed by atoms with E-state index in [1.165, 1.54) is 6.92 Å². The maximum atomic E-state index is 11.7. The van der Waals surface area contributed by atoms with Crippen LogP contribution in [0.1, 0.15) is 31.9 Å². The van der Waals surface area contributed by atoms with Crippen molar-refractivity contribution < 1.29 is 19.4 Å². The lowest BCUT2D eigenvalue weighted by atomic mass is 10.0. The van der Waals surface area contributed by atoms with E-state index in [2.05, 4.69) is 39.4 Å². The highest BCUT2D eigenvalue weighted by Gasteiger charge is 2.16. The van der Waals surface area contributed by atoms with Crippen molar-refractivity contribution in [3.63, 3.8) is 0 Å². The quantitative estimate of drug-likeness (QED) is 0.236. The van der Waals surface area contributed by atoms with Gasteiger partial charge in [0.2, 0.25) is 0 Å². The van der Waals surface area contributed by atoms with Gasteiger partial charge in [-0.05, 0) is 60.0 Å². The van der Waals surface area contributed by atoms with Crippen LogP contribution in [0.15, 0.2) is 76.8 Å². The summed E-state index contributed by atoms with van der Waals surface area (Å²) in [6.45, 7) is 6.16. The molecule has 0 aliphatic rings. The molecular formula is C29H31BrClNO4. The number of aliphatic hydroxyl groups is 1. The van der Waals surface area contributed by atoms with E-state index in [1.54, 1.807) is 12.1 Å². The third-order valence-corrected chi connectivity index (χ3v) is 6.84. The van der Waals surface area contributed by atoms with Crippen LogP contribution < -0.4 is 14.8 Å². The van der Waals surface area contributed by atoms with E-state index < -0.39 is 6.04 Å². The fraction of sp³-hybridized carbons (Fsp3) is 0.276. The zero-order chi connectivity index (χ0) is 26.1. The average Bonchev–Trinajstić information content (AvgIpc) is 2.85. The summed E-state index contributed by atoms with van der Waals surface area (Å²) < 4.78 is 13.1. The molecule has 0 aliphatic carbocycles. The van der Waals surface area contributed by atoms with E-state index in [-0.39, 0.29) is 12.4 Å². The molecule has 0 bridgehead atoms. The van der Waals surface area contributed by atoms with Crippen LogP contribution in [-0.2, 0) is 17.9 Å². The number of ketones is 1. The number of hydrogen-bond acceptors (Lipinski definition) is 5. The van der Waals surface area contributed by atoms with Crippen LogP contribution in [-0.4, -0.2) is 30.1 Å². The SMILES string of the molecule is CC(=O)C(CO)NCc1cc(Cl)c(OCc2cccc(-c3ccccc3)c2Br)cc1OCC=C(C)C. The van der Waals surface area contributed by atoms with Crippen LogP contribution in [0.2, 0.25) is 5.02 Å². The first-order valence-corrected chi connectivity index (χ1v) is 12.9. The summed E-state index contributed by atoms with van der Waals surface area (Å²) in [5, 5.41) is 13.0. The van der Waals surface area contributed by atoms with Crippen molar-refractivity contribution in [3.8, 4) is 22.6 Å². The Morgan fingerprint density at radius 1 is 1.03 bits per heavy atom. The Balaban J connectivity index is 1.83. The van der Waals surface area contributed by atoms with Crippen LogP contribution >= 0.6 is 27.5 Å². The van der Waals surface area contributed by atoms with Crippen LogP contribution in [0.5, 0.6) is 11.5 Å². The van der Waals surface area contributed by atoms with E-state index in [9.17, 15) is 9.90 Å². The average molecular weight is 573 g/mol. The highest BCUT2D eigenvalue weighted by Crippen LogP contribution is 2.35. The number of benzene rings is 3. The van der Waals surface area contributed by atoms with Gasteiger partial charge in [0.15, 0.2) is 0 Å². The maximum Gasteiger partial charge on any atom is 0.149 e. The molecule has 5 nitrogen and oxygen atoms in total. The second-order valence-electron chi connectivity index (χ2n) is 8.64. The number of Topliss-reactive ketones (excluding diaryl/α,β-unsaturated/α-hetero) is 1. The largest absolute Gasteiger partial charge is 0.489 e. The van der Waals surface area contributed by atoms with Crippen molar-refractivity contribution in [2.45, 2.75) is 40.0 Å². The molecule has 0 radical (unpaired) electrons. The first-order valence-electron chi connectivity index (χ1n) is 11.7. The lowest BCUT2D eigenvalue weighted by molar-refractivity contribution is -0.119. The Hall–Kier alpha value is -2.64. The van der Waals surface area contributed by atoms with E-state index in [1.807, 2.05) is 50.3 Å². The molecule has 0 heterocycles. The Kier molecular flexibility index (Phi) is 10.6. The molecular weight excluding hydrogens is 542 g/mol. The van der Waals surface area contributed by atoms with Gasteiger partial charge in [0.25, 0.3) is 0 Å². The zero-order valence-corrected chi connectivity index (χ0v) is 23.0. The van der Waals surface area contributed by atoms with Crippen molar-refractivity contribution in [1.29, 1.82) is 0 Å². The third-order valence-electron chi connectivity index (χ3n) is 5.60. The fourth-order valence-electron chi connectivity index (χ4n) is 3.51. The monoisotopic (exact) mass is 571 g/mol. The number of hydrogen-bond donors (Lipinski definition) is 2. The van der Waals surface area contributed by atoms with Crippen LogP contribution in [0.4, 0.5) is 0 Å². The van der Waals surface area contributed by atoms with Crippen LogP contribution in [0, 0.1) is 0 Å². The predicted octanol–water partition coefficient (Wildman–Crippen LogP) is 6.73. The summed E-state index contributed by atoms with van der Waals surface area (Å²) in [6.07, 6.45) is 1.98. The Bertz CT molecular complexity index is 1210. The highest BCUT2D eigenvalue weighted by molar-refractivity contribution is 9.10. The van der Waals surface area contributed by atoms with Crippen LogP contribution in [0.25, 0.3) is 11.1 Å². The van der Waals surface area contributed by atoms with Crippen molar-refractivity contribution >= 4 is 33.3 Å². The second-order valence-corrected chi connectivity index (χ2v) is 9.84. The van der Waals surface area contributed by atoms with E-state index >= 15 is 0 Å². The molecule has 0 amide bonds. The van der Waals surface area contributed by atoms with Crippen molar-refractivity contribution in [2.75, 3.05) is 13.2 Å². The third kappa shape index (κ3) is 7.68. The summed E-state index contributed by atoms with van der Waals surface area (Å²) >= 11 is 10.3. The van der Waals surface area contributed by atoms with Gasteiger partial charge < -0.3 is 19.9 Å². The van der Waals surface area contributed by atoms with E-state index in [0.29, 0.717) is 36.3 Å². The molecule has 0 aromatic heterocycles. The maximum absolute atomic E-state index is 11.7. The molecule has 0 aliphatic heterocycles. The van der Waals surface area contributed by atoms with Gasteiger partial charge in [-0.25, -0.2) is 0 Å². The van der Waals surface area contributed by atoms with Gasteiger partial charge in [0, 0.05) is 28.2 Å². The first-order chi connectivity index (χ1) is 17.3. The smallest absolute Gasteiger partial charge is 0.149 e. The zero-order valence-electron chi connectivity index (χ0n) is 20.7. The minimum atomic E-state index is -0.653. The normalized spacial score (nSPS) is 11.6. The lowest BCUT2D eigenvalue weighted by Gasteiger charge is -2.18. The van der Waals surface area contributed by atoms with Gasteiger partial charge in [-0.15, -0.1) is 0 Å². The summed E-state index contributed by atoms with van der Waals surface area (Å²) in [4.78, 5) is 11.7. The molecule has 36 heavy (non-hydrogen) atoms. The summed E-state index contributed by atoms with van der Waals surface area (Å²) in [5.74, 6) is 0.950. The Morgan fingerprint density at radius 3 is 2.44 bits per heavy atom. The second kappa shape index (κ2) is 13.6. The molecule has 1 atom stereocenters. The van der Waals surface area contributed by atoms with Gasteiger partial charge in [-0.3, -0.25) is 4.79 Å². The lowest BCUT2D eigenvalue weighted by Crippen LogP contribution is -2.38. The standard InChI is InChI=1S/C29H31BrClNO4/c1-19(2)12-13-35-27-15-28(25(31)14-23(27)16-32-26(17-33)20(3)34)36-18-22-10-7-11-24(29(22)30)21-8-5-4-6-9-21/h4-12,14-15,26,32-33H,13,16-18H2,1-3H3. The van der Waals surface area contributed by atoms with Gasteiger partial charge in [-0.2, -0.15) is 0 Å². The van der Waals surface area contributed by atoms with Crippen molar-refractivity contribution in [2.24, 2.45) is 0 Å². The fourth-order valence-corrected chi connectivity index (χ4v) is 4.36. The minimum absolute atomic E-state index is 0.140. The molecule has 190 valence electrons. The van der Waals surface area contributed by atoms with E-state index in [0.717, 1.165) is 32.3 Å². The molecule has 7 heteroatoms. The predicted molar refractivity (Wildman–Crippen MR) is 149 cm³/mol. The number of rotatable bonds is 12. The van der Waals surface area contributed by atoms with Crippen LogP contribution in [0.3, 0.4) is 0 Å². The summed E-state index contributed by atoms with van der Waals surface area (Å²) in [7, 11) is 0. The molecule has 0 fully saturated rings. The number of allylic oxidation sites excluding steroid dienone is 1. The molecule has 3 rings (SSSR count). The highest BCUT2D eigenvalue weighted by atomic mass is 79.9. The van der Waals surface area contributed by atoms with Gasteiger partial charge in [0.1, 0.15) is 30.5 Å².